The number of carbonyl (C=O) groups excluding carboxylic acids is 2. The molecule has 0 bridgehead atoms. The van der Waals surface area contributed by atoms with Gasteiger partial charge in [-0.2, -0.15) is 0 Å². The van der Waals surface area contributed by atoms with Crippen LogP contribution in [-0.2, 0) is 16.2 Å². The van der Waals surface area contributed by atoms with Gasteiger partial charge in [-0.1, -0.05) is 35.9 Å². The van der Waals surface area contributed by atoms with Crippen LogP contribution in [0, 0.1) is 27.7 Å². The first kappa shape index (κ1) is 27.4. The smallest absolute Gasteiger partial charge is 0.270 e. The summed E-state index contributed by atoms with van der Waals surface area (Å²) in [5.74, 6) is -0.214. The topological polar surface area (TPSA) is 63.6 Å². The summed E-state index contributed by atoms with van der Waals surface area (Å²) in [4.78, 5) is 27.9. The predicted octanol–water partition coefficient (Wildman–Crippen LogP) is 6.77. The van der Waals surface area contributed by atoms with Crippen LogP contribution in [0.5, 0.6) is 5.75 Å². The number of amides is 2. The fourth-order valence-corrected chi connectivity index (χ4v) is 5.18. The molecule has 1 aliphatic heterocycles. The maximum Gasteiger partial charge on any atom is 0.270 e. The summed E-state index contributed by atoms with van der Waals surface area (Å²) in [7, 11) is 0. The van der Waals surface area contributed by atoms with Crippen LogP contribution in [0.1, 0.15) is 33.6 Å². The second kappa shape index (κ2) is 11.1. The molecule has 1 aliphatic rings. The number of hydrogen-bond donors (Lipinski definition) is 1. The van der Waals surface area contributed by atoms with Crippen LogP contribution in [0.25, 0.3) is 11.8 Å². The molecule has 8 heteroatoms. The highest BCUT2D eigenvalue weighted by Gasteiger charge is 2.35. The zero-order valence-corrected chi connectivity index (χ0v) is 24.2. The van der Waals surface area contributed by atoms with Crippen molar-refractivity contribution in [3.05, 3.63) is 117 Å². The van der Waals surface area contributed by atoms with Gasteiger partial charge in [0.15, 0.2) is 5.11 Å². The standard InChI is InChI=1S/C32H28ClN3O3S/c1-19-6-5-7-29(21(19)3)36-31(38)28(30(37)34-32(36)40)17-24-16-20(2)35(22(24)4)26-12-14-27(15-13-26)39-18-23-8-10-25(33)11-9-23/h5-17H,18H2,1-4H3,(H,34,37,40)/b28-17+. The minimum atomic E-state index is -0.511. The summed E-state index contributed by atoms with van der Waals surface area (Å²) in [6.45, 7) is 8.29. The molecule has 202 valence electrons. The first-order valence-electron chi connectivity index (χ1n) is 12.8. The van der Waals surface area contributed by atoms with Crippen molar-refractivity contribution < 1.29 is 14.3 Å². The zero-order valence-electron chi connectivity index (χ0n) is 22.6. The number of aryl methyl sites for hydroxylation is 2. The van der Waals surface area contributed by atoms with Gasteiger partial charge >= 0.3 is 0 Å². The van der Waals surface area contributed by atoms with E-state index in [1.807, 2.05) is 100 Å². The molecule has 6 nitrogen and oxygen atoms in total. The summed E-state index contributed by atoms with van der Waals surface area (Å²) in [5, 5.41) is 3.45. The van der Waals surface area contributed by atoms with Gasteiger partial charge in [-0.25, -0.2) is 0 Å². The molecule has 5 rings (SSSR count). The van der Waals surface area contributed by atoms with E-state index in [0.717, 1.165) is 45.1 Å². The van der Waals surface area contributed by atoms with Crippen LogP contribution in [0.3, 0.4) is 0 Å². The largest absolute Gasteiger partial charge is 0.489 e. The van der Waals surface area contributed by atoms with Crippen molar-refractivity contribution in [3.8, 4) is 11.4 Å². The Hall–Kier alpha value is -4.20. The van der Waals surface area contributed by atoms with Gasteiger partial charge in [0.1, 0.15) is 17.9 Å². The summed E-state index contributed by atoms with van der Waals surface area (Å²) >= 11 is 11.3. The van der Waals surface area contributed by atoms with E-state index >= 15 is 0 Å². The molecule has 0 radical (unpaired) electrons. The van der Waals surface area contributed by atoms with Gasteiger partial charge < -0.3 is 9.30 Å². The number of aromatic nitrogens is 1. The van der Waals surface area contributed by atoms with Gasteiger partial charge in [0.2, 0.25) is 0 Å². The lowest BCUT2D eigenvalue weighted by molar-refractivity contribution is -0.122. The second-order valence-corrected chi connectivity index (χ2v) is 10.6. The molecule has 40 heavy (non-hydrogen) atoms. The maximum absolute atomic E-state index is 13.6. The Balaban J connectivity index is 1.41. The van der Waals surface area contributed by atoms with E-state index in [1.54, 1.807) is 6.08 Å². The highest BCUT2D eigenvalue weighted by Crippen LogP contribution is 2.29. The number of rotatable bonds is 6. The van der Waals surface area contributed by atoms with Crippen molar-refractivity contribution in [1.82, 2.24) is 9.88 Å². The summed E-state index contributed by atoms with van der Waals surface area (Å²) in [6, 6.07) is 23.0. The lowest BCUT2D eigenvalue weighted by atomic mass is 10.0. The maximum atomic E-state index is 13.6. The van der Waals surface area contributed by atoms with Crippen molar-refractivity contribution in [3.63, 3.8) is 0 Å². The molecule has 1 fully saturated rings. The Morgan fingerprint density at radius 3 is 2.35 bits per heavy atom. The molecule has 1 N–H and O–H groups in total. The molecule has 2 amide bonds. The van der Waals surface area contributed by atoms with Gasteiger partial charge in [0.05, 0.1) is 5.69 Å². The third kappa shape index (κ3) is 5.30. The normalized spacial score (nSPS) is 14.6. The van der Waals surface area contributed by atoms with E-state index in [9.17, 15) is 9.59 Å². The summed E-state index contributed by atoms with van der Waals surface area (Å²) < 4.78 is 8.00. The van der Waals surface area contributed by atoms with E-state index in [0.29, 0.717) is 17.3 Å². The van der Waals surface area contributed by atoms with Gasteiger partial charge in [0.25, 0.3) is 11.8 Å². The Kier molecular flexibility index (Phi) is 7.61. The predicted molar refractivity (Wildman–Crippen MR) is 163 cm³/mol. The first-order valence-corrected chi connectivity index (χ1v) is 13.6. The number of nitrogens with one attached hydrogen (secondary N) is 1. The van der Waals surface area contributed by atoms with Crippen molar-refractivity contribution in [1.29, 1.82) is 0 Å². The van der Waals surface area contributed by atoms with Crippen LogP contribution in [0.4, 0.5) is 5.69 Å². The minimum absolute atomic E-state index is 0.0284. The fraction of sp³-hybridized carbons (Fsp3) is 0.156. The Morgan fingerprint density at radius 2 is 1.65 bits per heavy atom. The Labute approximate surface area is 243 Å². The van der Waals surface area contributed by atoms with Crippen LogP contribution >= 0.6 is 23.8 Å². The molecule has 1 saturated heterocycles. The molecule has 0 spiro atoms. The average molecular weight is 570 g/mol. The molecule has 3 aromatic carbocycles. The monoisotopic (exact) mass is 569 g/mol. The molecular weight excluding hydrogens is 542 g/mol. The Morgan fingerprint density at radius 1 is 0.950 bits per heavy atom. The summed E-state index contributed by atoms with van der Waals surface area (Å²) in [6.07, 6.45) is 1.64. The van der Waals surface area contributed by atoms with Gasteiger partial charge in [0, 0.05) is 22.1 Å². The van der Waals surface area contributed by atoms with E-state index in [2.05, 4.69) is 9.88 Å². The van der Waals surface area contributed by atoms with E-state index in [1.165, 1.54) is 4.90 Å². The number of nitrogens with zero attached hydrogens (tertiary/aromatic N) is 2. The number of anilines is 1. The van der Waals surface area contributed by atoms with Crippen LogP contribution in [0.2, 0.25) is 5.02 Å². The molecule has 1 aromatic heterocycles. The first-order chi connectivity index (χ1) is 19.1. The van der Waals surface area contributed by atoms with Crippen molar-refractivity contribution in [2.45, 2.75) is 34.3 Å². The van der Waals surface area contributed by atoms with E-state index in [-0.39, 0.29) is 10.7 Å². The number of benzene rings is 3. The number of halogens is 1. The lowest BCUT2D eigenvalue weighted by Crippen LogP contribution is -2.54. The SMILES string of the molecule is Cc1cccc(N2C(=O)/C(=C/c3cc(C)n(-c4ccc(OCc5ccc(Cl)cc5)cc4)c3C)C(=O)NC2=S)c1C. The number of carbonyl (C=O) groups is 2. The number of thiocarbonyl (C=S) groups is 1. The molecule has 2 heterocycles. The summed E-state index contributed by atoms with van der Waals surface area (Å²) in [5.41, 5.74) is 7.24. The molecular formula is C32H28ClN3O3S. The van der Waals surface area contributed by atoms with Crippen molar-refractivity contribution in [2.24, 2.45) is 0 Å². The van der Waals surface area contributed by atoms with Crippen molar-refractivity contribution in [2.75, 3.05) is 4.90 Å². The molecule has 0 atom stereocenters. The Bertz CT molecular complexity index is 1670. The zero-order chi connectivity index (χ0) is 28.6. The number of ether oxygens (including phenoxy) is 1. The molecule has 0 saturated carbocycles. The third-order valence-electron chi connectivity index (χ3n) is 7.10. The van der Waals surface area contributed by atoms with E-state index < -0.39 is 11.8 Å². The highest BCUT2D eigenvalue weighted by atomic mass is 35.5. The van der Waals surface area contributed by atoms with Gasteiger partial charge in [-0.15, -0.1) is 0 Å². The molecule has 0 unspecified atom stereocenters. The van der Waals surface area contributed by atoms with Crippen LogP contribution < -0.4 is 15.0 Å². The molecule has 0 aliphatic carbocycles. The van der Waals surface area contributed by atoms with Gasteiger partial charge in [-0.3, -0.25) is 19.8 Å². The number of hydrogen-bond acceptors (Lipinski definition) is 4. The second-order valence-electron chi connectivity index (χ2n) is 9.75. The third-order valence-corrected chi connectivity index (χ3v) is 7.64. The fourth-order valence-electron chi connectivity index (χ4n) is 4.78. The van der Waals surface area contributed by atoms with E-state index in [4.69, 9.17) is 28.6 Å². The average Bonchev–Trinajstić information content (AvgIpc) is 3.21. The molecule has 4 aromatic rings. The van der Waals surface area contributed by atoms with Crippen molar-refractivity contribution >= 4 is 52.5 Å². The highest BCUT2D eigenvalue weighted by molar-refractivity contribution is 7.80. The van der Waals surface area contributed by atoms with Gasteiger partial charge in [-0.05, 0) is 117 Å². The lowest BCUT2D eigenvalue weighted by Gasteiger charge is -2.30. The van der Waals surface area contributed by atoms with Crippen LogP contribution in [-0.4, -0.2) is 21.5 Å². The quantitative estimate of drug-likeness (QED) is 0.158. The minimum Gasteiger partial charge on any atom is -0.489 e. The van der Waals surface area contributed by atoms with Crippen LogP contribution in [0.15, 0.2) is 78.4 Å².